The highest BCUT2D eigenvalue weighted by Crippen LogP contribution is 2.42. The average Bonchev–Trinajstić information content (AvgIpc) is 2.83. The van der Waals surface area contributed by atoms with Gasteiger partial charge < -0.3 is 9.47 Å². The summed E-state index contributed by atoms with van der Waals surface area (Å²) in [5.41, 5.74) is 2.32. The molecule has 4 rings (SSSR count). The number of allylic oxidation sites excluding steroid dienone is 4. The third-order valence-corrected chi connectivity index (χ3v) is 9.08. The molecule has 0 aliphatic heterocycles. The van der Waals surface area contributed by atoms with E-state index in [4.69, 9.17) is 9.47 Å². The molecule has 2 saturated carbocycles. The fourth-order valence-electron chi connectivity index (χ4n) is 5.71. The van der Waals surface area contributed by atoms with E-state index in [-0.39, 0.29) is 10.9 Å². The topological polar surface area (TPSA) is 18.5 Å². The van der Waals surface area contributed by atoms with Crippen LogP contribution in [0.2, 0.25) is 0 Å². The van der Waals surface area contributed by atoms with Gasteiger partial charge in [-0.1, -0.05) is 62.3 Å². The Morgan fingerprint density at radius 3 is 2.29 bits per heavy atom. The third kappa shape index (κ3) is 6.67. The van der Waals surface area contributed by atoms with Crippen LogP contribution in [0.4, 0.5) is 0 Å². The first-order valence-electron chi connectivity index (χ1n) is 12.7. The van der Waals surface area contributed by atoms with Crippen molar-refractivity contribution in [1.29, 1.82) is 0 Å². The Labute approximate surface area is 209 Å². The Bertz CT molecular complexity index is 959. The molecule has 3 heteroatoms. The Balaban J connectivity index is 1.39. The van der Waals surface area contributed by atoms with Crippen molar-refractivity contribution in [2.75, 3.05) is 13.4 Å². The summed E-state index contributed by atoms with van der Waals surface area (Å²) in [5.74, 6) is 3.56. The smallest absolute Gasteiger partial charge is 0.189 e. The molecule has 3 unspecified atom stereocenters. The molecule has 2 fully saturated rings. The summed E-state index contributed by atoms with van der Waals surface area (Å²) < 4.78 is 12.2. The van der Waals surface area contributed by atoms with Crippen LogP contribution in [0.3, 0.4) is 0 Å². The van der Waals surface area contributed by atoms with E-state index in [1.54, 1.807) is 6.08 Å². The van der Waals surface area contributed by atoms with Crippen LogP contribution in [0.25, 0.3) is 0 Å². The van der Waals surface area contributed by atoms with Crippen LogP contribution in [0.5, 0.6) is 5.75 Å². The number of hydrogen-bond donors (Lipinski definition) is 0. The molecule has 180 valence electrons. The Kier molecular flexibility index (Phi) is 9.12. The number of fused-ring (bicyclic) bond motifs is 2. The van der Waals surface area contributed by atoms with Gasteiger partial charge in [0.15, 0.2) is 16.6 Å². The van der Waals surface area contributed by atoms with Crippen molar-refractivity contribution in [2.24, 2.45) is 17.8 Å². The van der Waals surface area contributed by atoms with E-state index < -0.39 is 0 Å². The van der Waals surface area contributed by atoms with Crippen LogP contribution in [-0.2, 0) is 15.6 Å². The molecule has 0 radical (unpaired) electrons. The van der Waals surface area contributed by atoms with E-state index in [2.05, 4.69) is 74.4 Å². The molecule has 3 atom stereocenters. The maximum absolute atomic E-state index is 6.15. The van der Waals surface area contributed by atoms with E-state index in [0.717, 1.165) is 35.3 Å². The van der Waals surface area contributed by atoms with Crippen molar-refractivity contribution >= 4 is 10.9 Å². The molecule has 2 aliphatic carbocycles. The van der Waals surface area contributed by atoms with Crippen molar-refractivity contribution in [2.45, 2.75) is 62.2 Å². The zero-order valence-electron chi connectivity index (χ0n) is 20.7. The number of benzene rings is 2. The fourth-order valence-corrected chi connectivity index (χ4v) is 7.61. The lowest BCUT2D eigenvalue weighted by atomic mass is 9.68. The summed E-state index contributed by atoms with van der Waals surface area (Å²) in [6.07, 6.45) is 16.3. The van der Waals surface area contributed by atoms with E-state index >= 15 is 0 Å². The van der Waals surface area contributed by atoms with Gasteiger partial charge in [-0.3, -0.25) is 0 Å². The quantitative estimate of drug-likeness (QED) is 0.149. The van der Waals surface area contributed by atoms with Gasteiger partial charge in [-0.15, -0.1) is 0 Å². The average molecular weight is 476 g/mol. The highest BCUT2D eigenvalue weighted by atomic mass is 32.2. The minimum absolute atomic E-state index is 0.150. The molecular formula is C31H39O2S+. The Morgan fingerprint density at radius 2 is 1.62 bits per heavy atom. The van der Waals surface area contributed by atoms with Crippen molar-refractivity contribution < 1.29 is 9.47 Å². The second-order valence-electron chi connectivity index (χ2n) is 9.86. The van der Waals surface area contributed by atoms with E-state index in [9.17, 15) is 0 Å². The van der Waals surface area contributed by atoms with Gasteiger partial charge >= 0.3 is 0 Å². The molecule has 0 heterocycles. The SMILES string of the molecule is C=C/C=C\C=C\[S+](c1ccccc1)c1cc(C)c(OCOCC2CC3CCCC(C3)C2)c(C)c1. The second-order valence-corrected chi connectivity index (χ2v) is 11.7. The van der Waals surface area contributed by atoms with Crippen LogP contribution in [0.15, 0.2) is 88.5 Å². The summed E-state index contributed by atoms with van der Waals surface area (Å²) in [7, 11) is -0.150. The zero-order valence-corrected chi connectivity index (χ0v) is 21.6. The molecule has 2 aliphatic rings. The van der Waals surface area contributed by atoms with Crippen LogP contribution < -0.4 is 4.74 Å². The zero-order chi connectivity index (χ0) is 23.8. The molecule has 0 aromatic heterocycles. The predicted octanol–water partition coefficient (Wildman–Crippen LogP) is 8.16. The standard InChI is InChI=1S/C31H39O2S/c1-4-5-6-10-16-34(29-14-8-7-9-15-29)30-17-24(2)31(25(3)18-30)33-23-32-22-28-20-26-12-11-13-27(19-26)21-28/h4-10,14-18,26-28H,1,11-13,19-23H2,2-3H3/q+1/b6-5-,16-10+. The van der Waals surface area contributed by atoms with Gasteiger partial charge in [0.25, 0.3) is 0 Å². The highest BCUT2D eigenvalue weighted by molar-refractivity contribution is 7.99. The summed E-state index contributed by atoms with van der Waals surface area (Å²) in [4.78, 5) is 2.60. The lowest BCUT2D eigenvalue weighted by molar-refractivity contribution is -0.0221. The normalized spacial score (nSPS) is 23.3. The third-order valence-electron chi connectivity index (χ3n) is 7.12. The molecule has 2 bridgehead atoms. The molecule has 34 heavy (non-hydrogen) atoms. The number of rotatable bonds is 10. The summed E-state index contributed by atoms with van der Waals surface area (Å²) in [6.45, 7) is 9.21. The second kappa shape index (κ2) is 12.5. The first-order valence-corrected chi connectivity index (χ1v) is 14.0. The van der Waals surface area contributed by atoms with Gasteiger partial charge in [0.1, 0.15) is 11.2 Å². The lowest BCUT2D eigenvalue weighted by Gasteiger charge is -2.38. The van der Waals surface area contributed by atoms with E-state index in [1.165, 1.54) is 48.3 Å². The molecule has 2 aromatic carbocycles. The molecular weight excluding hydrogens is 436 g/mol. The summed E-state index contributed by atoms with van der Waals surface area (Å²) >= 11 is 0. The summed E-state index contributed by atoms with van der Waals surface area (Å²) in [6, 6.07) is 15.2. The highest BCUT2D eigenvalue weighted by Gasteiger charge is 2.31. The van der Waals surface area contributed by atoms with Gasteiger partial charge in [0, 0.05) is 12.1 Å². The maximum Gasteiger partial charge on any atom is 0.189 e. The molecule has 0 spiro atoms. The molecule has 0 saturated heterocycles. The van der Waals surface area contributed by atoms with Crippen molar-refractivity contribution in [3.63, 3.8) is 0 Å². The van der Waals surface area contributed by atoms with Crippen molar-refractivity contribution in [3.05, 3.63) is 89.9 Å². The Morgan fingerprint density at radius 1 is 0.912 bits per heavy atom. The van der Waals surface area contributed by atoms with Crippen molar-refractivity contribution in [1.82, 2.24) is 0 Å². The summed E-state index contributed by atoms with van der Waals surface area (Å²) in [5, 5.41) is 2.27. The minimum atomic E-state index is -0.150. The van der Waals surface area contributed by atoms with Crippen LogP contribution in [-0.4, -0.2) is 13.4 Å². The first kappa shape index (κ1) is 24.9. The molecule has 0 amide bonds. The predicted molar refractivity (Wildman–Crippen MR) is 144 cm³/mol. The molecule has 0 N–H and O–H groups in total. The largest absolute Gasteiger partial charge is 0.467 e. The van der Waals surface area contributed by atoms with E-state index in [0.29, 0.717) is 12.7 Å². The van der Waals surface area contributed by atoms with Crippen LogP contribution >= 0.6 is 0 Å². The number of hydrogen-bond acceptors (Lipinski definition) is 2. The first-order chi connectivity index (χ1) is 16.6. The number of aryl methyl sites for hydroxylation is 2. The molecule has 2 nitrogen and oxygen atoms in total. The van der Waals surface area contributed by atoms with Crippen LogP contribution in [0.1, 0.15) is 49.7 Å². The van der Waals surface area contributed by atoms with Gasteiger partial charge in [-0.25, -0.2) is 0 Å². The van der Waals surface area contributed by atoms with Gasteiger partial charge in [0.2, 0.25) is 0 Å². The monoisotopic (exact) mass is 475 g/mol. The minimum Gasteiger partial charge on any atom is -0.467 e. The molecule has 2 aromatic rings. The van der Waals surface area contributed by atoms with E-state index in [1.807, 2.05) is 12.2 Å². The van der Waals surface area contributed by atoms with Gasteiger partial charge in [-0.2, -0.15) is 0 Å². The van der Waals surface area contributed by atoms with Gasteiger partial charge in [0.05, 0.1) is 17.5 Å². The van der Waals surface area contributed by atoms with Crippen molar-refractivity contribution in [3.8, 4) is 5.75 Å². The van der Waals surface area contributed by atoms with Crippen LogP contribution in [0, 0.1) is 31.6 Å². The Hall–Kier alpha value is -2.23. The maximum atomic E-state index is 6.15. The fraction of sp³-hybridized carbons (Fsp3) is 0.419. The lowest BCUT2D eigenvalue weighted by Crippen LogP contribution is -2.29. The van der Waals surface area contributed by atoms with Gasteiger partial charge in [-0.05, 0) is 80.2 Å². The number of ether oxygens (including phenoxy) is 2.